The molecular weight excluding hydrogens is 459 g/mol. The highest BCUT2D eigenvalue weighted by Crippen LogP contribution is 2.49. The van der Waals surface area contributed by atoms with Crippen LogP contribution < -0.4 is 0 Å². The highest BCUT2D eigenvalue weighted by atomic mass is 32.2. The zero-order valence-corrected chi connectivity index (χ0v) is 20.8. The van der Waals surface area contributed by atoms with Gasteiger partial charge in [-0.05, 0) is 74.3 Å². The predicted octanol–water partition coefficient (Wildman–Crippen LogP) is 6.60. The third-order valence-electron chi connectivity index (χ3n) is 7.58. The largest absolute Gasteiger partial charge is 0.393 e. The molecule has 2 aromatic carbocycles. The van der Waals surface area contributed by atoms with E-state index in [4.69, 9.17) is 0 Å². The summed E-state index contributed by atoms with van der Waals surface area (Å²) in [5.41, 5.74) is 1.21. The summed E-state index contributed by atoms with van der Waals surface area (Å²) in [7, 11) is 0. The average Bonchev–Trinajstić information content (AvgIpc) is 3.33. The maximum Gasteiger partial charge on any atom is 0.161 e. The lowest BCUT2D eigenvalue weighted by Crippen LogP contribution is -2.43. The van der Waals surface area contributed by atoms with Gasteiger partial charge in [0.2, 0.25) is 0 Å². The Bertz CT molecular complexity index is 1220. The van der Waals surface area contributed by atoms with E-state index < -0.39 is 5.41 Å². The van der Waals surface area contributed by atoms with Gasteiger partial charge >= 0.3 is 0 Å². The SMILES string of the molecule is CC1(C(=O)/C=C/c2c(F)cccc2-c2cn(CSc3ccccc3)cn2)CC2CCC(O)C(C2)C1. The van der Waals surface area contributed by atoms with Crippen molar-refractivity contribution < 1.29 is 14.3 Å². The quantitative estimate of drug-likeness (QED) is 0.300. The monoisotopic (exact) mass is 490 g/mol. The highest BCUT2D eigenvalue weighted by molar-refractivity contribution is 7.98. The van der Waals surface area contributed by atoms with E-state index in [2.05, 4.69) is 17.1 Å². The normalized spacial score (nSPS) is 26.2. The van der Waals surface area contributed by atoms with Crippen LogP contribution in [0.5, 0.6) is 0 Å². The summed E-state index contributed by atoms with van der Waals surface area (Å²) < 4.78 is 16.9. The topological polar surface area (TPSA) is 55.1 Å². The van der Waals surface area contributed by atoms with Crippen molar-refractivity contribution >= 4 is 23.6 Å². The fourth-order valence-electron chi connectivity index (χ4n) is 5.78. The Balaban J connectivity index is 1.33. The molecule has 0 aliphatic heterocycles. The summed E-state index contributed by atoms with van der Waals surface area (Å²) in [6, 6.07) is 15.1. The number of fused-ring (bicyclic) bond motifs is 2. The van der Waals surface area contributed by atoms with Crippen molar-refractivity contribution in [3.8, 4) is 11.3 Å². The lowest BCUT2D eigenvalue weighted by molar-refractivity contribution is -0.129. The third kappa shape index (κ3) is 5.29. The van der Waals surface area contributed by atoms with Crippen molar-refractivity contribution in [2.75, 3.05) is 0 Å². The number of rotatable bonds is 7. The van der Waals surface area contributed by atoms with Crippen LogP contribution in [0.1, 0.15) is 44.6 Å². The van der Waals surface area contributed by atoms with Crippen molar-refractivity contribution in [2.24, 2.45) is 17.3 Å². The van der Waals surface area contributed by atoms with Crippen LogP contribution in [0, 0.1) is 23.1 Å². The second-order valence-electron chi connectivity index (χ2n) is 10.2. The number of aliphatic hydroxyl groups is 1. The van der Waals surface area contributed by atoms with Crippen molar-refractivity contribution in [3.63, 3.8) is 0 Å². The van der Waals surface area contributed by atoms with Crippen LogP contribution >= 0.6 is 11.8 Å². The molecule has 2 aliphatic carbocycles. The molecule has 2 aliphatic rings. The molecule has 5 rings (SSSR count). The summed E-state index contributed by atoms with van der Waals surface area (Å²) in [4.78, 5) is 19.0. The summed E-state index contributed by atoms with van der Waals surface area (Å²) >= 11 is 1.70. The summed E-state index contributed by atoms with van der Waals surface area (Å²) in [6.45, 7) is 2.01. The minimum Gasteiger partial charge on any atom is -0.393 e. The number of aliphatic hydroxyl groups excluding tert-OH is 1. The van der Waals surface area contributed by atoms with E-state index in [0.717, 1.165) is 25.7 Å². The van der Waals surface area contributed by atoms with Gasteiger partial charge in [0.25, 0.3) is 0 Å². The zero-order chi connectivity index (χ0) is 24.4. The number of nitrogens with zero attached hydrogens (tertiary/aromatic N) is 2. The highest BCUT2D eigenvalue weighted by Gasteiger charge is 2.45. The second-order valence-corrected chi connectivity index (χ2v) is 11.3. The molecule has 2 saturated carbocycles. The van der Waals surface area contributed by atoms with Crippen molar-refractivity contribution in [1.82, 2.24) is 9.55 Å². The van der Waals surface area contributed by atoms with E-state index in [-0.39, 0.29) is 23.6 Å². The van der Waals surface area contributed by atoms with Gasteiger partial charge in [-0.3, -0.25) is 4.79 Å². The van der Waals surface area contributed by atoms with Gasteiger partial charge in [0, 0.05) is 27.6 Å². The van der Waals surface area contributed by atoms with E-state index in [1.165, 1.54) is 17.0 Å². The van der Waals surface area contributed by atoms with Crippen LogP contribution in [0.2, 0.25) is 0 Å². The average molecular weight is 491 g/mol. The first kappa shape index (κ1) is 24.0. The molecule has 182 valence electrons. The fraction of sp³-hybridized carbons (Fsp3) is 0.379. The van der Waals surface area contributed by atoms with Crippen molar-refractivity contribution in [2.45, 2.75) is 55.9 Å². The molecule has 4 nitrogen and oxygen atoms in total. The Kier molecular flexibility index (Phi) is 6.94. The third-order valence-corrected chi connectivity index (χ3v) is 8.62. The van der Waals surface area contributed by atoms with Gasteiger partial charge < -0.3 is 9.67 Å². The molecule has 2 fully saturated rings. The van der Waals surface area contributed by atoms with Crippen LogP contribution in [0.25, 0.3) is 17.3 Å². The zero-order valence-electron chi connectivity index (χ0n) is 19.9. The van der Waals surface area contributed by atoms with Crippen LogP contribution in [-0.2, 0) is 10.7 Å². The molecule has 1 aromatic heterocycles. The number of thioether (sulfide) groups is 1. The maximum absolute atomic E-state index is 14.9. The molecule has 6 heteroatoms. The number of ketones is 1. The number of aromatic nitrogens is 2. The van der Waals surface area contributed by atoms with Crippen LogP contribution in [0.4, 0.5) is 4.39 Å². The van der Waals surface area contributed by atoms with Crippen LogP contribution in [-0.4, -0.2) is 26.5 Å². The Morgan fingerprint density at radius 3 is 2.86 bits per heavy atom. The van der Waals surface area contributed by atoms with Gasteiger partial charge in [0.1, 0.15) is 5.82 Å². The number of allylic oxidation sites excluding steroid dienone is 1. The summed E-state index contributed by atoms with van der Waals surface area (Å²) in [5, 5.41) is 10.4. The number of hydrogen-bond donors (Lipinski definition) is 1. The first-order valence-corrected chi connectivity index (χ1v) is 13.3. The Morgan fingerprint density at radius 1 is 1.20 bits per heavy atom. The predicted molar refractivity (Wildman–Crippen MR) is 138 cm³/mol. The first-order valence-electron chi connectivity index (χ1n) is 12.3. The number of carbonyl (C=O) groups excluding carboxylic acids is 1. The first-order chi connectivity index (χ1) is 16.9. The molecule has 4 atom stereocenters. The molecule has 0 amide bonds. The molecule has 0 saturated heterocycles. The molecule has 0 spiro atoms. The summed E-state index contributed by atoms with van der Waals surface area (Å²) in [6.07, 6.45) is 10.9. The van der Waals surface area contributed by atoms with E-state index >= 15 is 0 Å². The van der Waals surface area contributed by atoms with E-state index in [1.54, 1.807) is 30.2 Å². The molecule has 4 unspecified atom stereocenters. The standard InChI is InChI=1S/C29H31FN2O2S/c1-29(15-20-10-12-27(33)21(14-20)16-29)28(34)13-11-23-24(8-5-9-25(23)30)26-17-32(18-31-26)19-35-22-6-3-2-4-7-22/h2-9,11,13,17-18,20-21,27,33H,10,12,14-16,19H2,1H3/b13-11+. The van der Waals surface area contributed by atoms with Crippen molar-refractivity contribution in [3.05, 3.63) is 78.5 Å². The number of halogens is 1. The minimum atomic E-state index is -0.507. The molecular formula is C29H31FN2O2S. The number of carbonyl (C=O) groups is 1. The molecule has 2 bridgehead atoms. The molecule has 35 heavy (non-hydrogen) atoms. The van der Waals surface area contributed by atoms with Gasteiger partial charge in [-0.25, -0.2) is 9.37 Å². The van der Waals surface area contributed by atoms with Crippen molar-refractivity contribution in [1.29, 1.82) is 0 Å². The van der Waals surface area contributed by atoms with Crippen LogP contribution in [0.3, 0.4) is 0 Å². The molecule has 3 aromatic rings. The minimum absolute atomic E-state index is 0.0142. The fourth-order valence-corrected chi connectivity index (χ4v) is 6.56. The second kappa shape index (κ2) is 10.1. The van der Waals surface area contributed by atoms with Gasteiger partial charge in [0.05, 0.1) is 24.0 Å². The van der Waals surface area contributed by atoms with E-state index in [1.807, 2.05) is 42.0 Å². The Hall–Kier alpha value is -2.70. The van der Waals surface area contributed by atoms with Gasteiger partial charge in [0.15, 0.2) is 5.78 Å². The number of benzene rings is 2. The summed E-state index contributed by atoms with van der Waals surface area (Å²) in [5.74, 6) is 1.01. The molecule has 1 heterocycles. The van der Waals surface area contributed by atoms with Crippen LogP contribution in [0.15, 0.2) is 72.0 Å². The maximum atomic E-state index is 14.9. The van der Waals surface area contributed by atoms with E-state index in [0.29, 0.717) is 35.0 Å². The number of hydrogen-bond acceptors (Lipinski definition) is 4. The van der Waals surface area contributed by atoms with Gasteiger partial charge in [-0.15, -0.1) is 11.8 Å². The van der Waals surface area contributed by atoms with E-state index in [9.17, 15) is 14.3 Å². The lowest BCUT2D eigenvalue weighted by atomic mass is 9.59. The lowest BCUT2D eigenvalue weighted by Gasteiger charge is -2.46. The molecule has 0 radical (unpaired) electrons. The van der Waals surface area contributed by atoms with Gasteiger partial charge in [-0.2, -0.15) is 0 Å². The Morgan fingerprint density at radius 2 is 2.03 bits per heavy atom. The Labute approximate surface area is 210 Å². The molecule has 1 N–H and O–H groups in total. The number of imidazole rings is 1. The smallest absolute Gasteiger partial charge is 0.161 e. The van der Waals surface area contributed by atoms with Gasteiger partial charge in [-0.1, -0.05) is 37.3 Å².